The third-order valence-electron chi connectivity index (χ3n) is 3.21. The Morgan fingerprint density at radius 3 is 2.78 bits per heavy atom. The minimum Gasteiger partial charge on any atom is -0.550 e. The van der Waals surface area contributed by atoms with Crippen molar-refractivity contribution in [2.24, 2.45) is 0 Å². The normalized spacial score (nSPS) is 11.3. The van der Waals surface area contributed by atoms with Crippen molar-refractivity contribution in [1.29, 1.82) is 0 Å². The van der Waals surface area contributed by atoms with Gasteiger partial charge in [0.2, 0.25) is 0 Å². The number of hydrogen-bond acceptors (Lipinski definition) is 6. The van der Waals surface area contributed by atoms with Gasteiger partial charge in [-0.1, -0.05) is 39.0 Å². The van der Waals surface area contributed by atoms with Gasteiger partial charge in [-0.15, -0.1) is 11.3 Å². The SMILES string of the molecule is CC(C)(C)c1ccccc1OCCNc1nc(CC(=O)[O-])cs1. The molecule has 6 heteroatoms. The average molecular weight is 333 g/mol. The zero-order chi connectivity index (χ0) is 16.9. The highest BCUT2D eigenvalue weighted by Gasteiger charge is 2.18. The van der Waals surface area contributed by atoms with Gasteiger partial charge >= 0.3 is 0 Å². The minimum absolute atomic E-state index is 0.0269. The molecule has 0 unspecified atom stereocenters. The highest BCUT2D eigenvalue weighted by Crippen LogP contribution is 2.30. The van der Waals surface area contributed by atoms with E-state index in [0.29, 0.717) is 24.0 Å². The molecule has 23 heavy (non-hydrogen) atoms. The number of carbonyl (C=O) groups excluding carboxylic acids is 1. The molecule has 1 aromatic carbocycles. The number of hydrogen-bond donors (Lipinski definition) is 1. The minimum atomic E-state index is -1.12. The number of carboxylic acid groups (broad SMARTS) is 1. The number of ether oxygens (including phenoxy) is 1. The van der Waals surface area contributed by atoms with Crippen LogP contribution in [0.4, 0.5) is 5.13 Å². The summed E-state index contributed by atoms with van der Waals surface area (Å²) in [5.74, 6) is -0.234. The summed E-state index contributed by atoms with van der Waals surface area (Å²) in [4.78, 5) is 14.7. The van der Waals surface area contributed by atoms with Crippen molar-refractivity contribution >= 4 is 22.4 Å². The molecule has 1 N–H and O–H groups in total. The van der Waals surface area contributed by atoms with Crippen LogP contribution in [0.2, 0.25) is 0 Å². The Bertz CT molecular complexity index is 662. The first kappa shape index (κ1) is 17.3. The first-order chi connectivity index (χ1) is 10.9. The number of para-hydroxylation sites is 1. The number of anilines is 1. The van der Waals surface area contributed by atoms with Crippen LogP contribution in [-0.4, -0.2) is 24.1 Å². The molecule has 2 aromatic rings. The van der Waals surface area contributed by atoms with Crippen molar-refractivity contribution in [3.63, 3.8) is 0 Å². The third kappa shape index (κ3) is 5.25. The topological polar surface area (TPSA) is 74.3 Å². The van der Waals surface area contributed by atoms with Crippen molar-refractivity contribution in [3.05, 3.63) is 40.9 Å². The van der Waals surface area contributed by atoms with Gasteiger partial charge in [0.1, 0.15) is 12.4 Å². The molecule has 5 nitrogen and oxygen atoms in total. The third-order valence-corrected chi connectivity index (χ3v) is 4.06. The largest absolute Gasteiger partial charge is 0.550 e. The van der Waals surface area contributed by atoms with Crippen molar-refractivity contribution in [3.8, 4) is 5.75 Å². The lowest BCUT2D eigenvalue weighted by Crippen LogP contribution is -2.24. The van der Waals surface area contributed by atoms with Gasteiger partial charge in [-0.3, -0.25) is 0 Å². The fraction of sp³-hybridized carbons (Fsp3) is 0.412. The Hall–Kier alpha value is -2.08. The van der Waals surface area contributed by atoms with E-state index in [1.165, 1.54) is 16.9 Å². The van der Waals surface area contributed by atoms with Crippen LogP contribution in [0.3, 0.4) is 0 Å². The van der Waals surface area contributed by atoms with E-state index in [1.807, 2.05) is 18.2 Å². The van der Waals surface area contributed by atoms with E-state index in [0.717, 1.165) is 5.75 Å². The second kappa shape index (κ2) is 7.46. The molecule has 0 radical (unpaired) electrons. The summed E-state index contributed by atoms with van der Waals surface area (Å²) >= 11 is 1.38. The number of carboxylic acids is 1. The highest BCUT2D eigenvalue weighted by atomic mass is 32.1. The van der Waals surface area contributed by atoms with Gasteiger partial charge in [0.25, 0.3) is 0 Å². The van der Waals surface area contributed by atoms with Crippen LogP contribution in [0.1, 0.15) is 32.0 Å². The Kier molecular flexibility index (Phi) is 5.60. The molecule has 0 spiro atoms. The molecule has 0 aliphatic carbocycles. The molecule has 2 rings (SSSR count). The highest BCUT2D eigenvalue weighted by molar-refractivity contribution is 7.13. The summed E-state index contributed by atoms with van der Waals surface area (Å²) in [6, 6.07) is 8.03. The molecular formula is C17H21N2O3S-. The van der Waals surface area contributed by atoms with Crippen molar-refractivity contribution in [1.82, 2.24) is 4.98 Å². The lowest BCUT2D eigenvalue weighted by molar-refractivity contribution is -0.304. The summed E-state index contributed by atoms with van der Waals surface area (Å²) in [7, 11) is 0. The number of aliphatic carboxylic acids is 1. The number of thiazole rings is 1. The maximum absolute atomic E-state index is 10.5. The summed E-state index contributed by atoms with van der Waals surface area (Å²) in [5.41, 5.74) is 1.71. The number of nitrogens with one attached hydrogen (secondary N) is 1. The van der Waals surface area contributed by atoms with E-state index in [9.17, 15) is 9.90 Å². The average Bonchev–Trinajstić information content (AvgIpc) is 2.89. The summed E-state index contributed by atoms with van der Waals surface area (Å²) in [6.07, 6.45) is -0.159. The maximum atomic E-state index is 10.5. The zero-order valence-electron chi connectivity index (χ0n) is 13.6. The Morgan fingerprint density at radius 2 is 2.09 bits per heavy atom. The van der Waals surface area contributed by atoms with Crippen molar-refractivity contribution < 1.29 is 14.6 Å². The molecule has 0 saturated heterocycles. The first-order valence-electron chi connectivity index (χ1n) is 7.46. The Morgan fingerprint density at radius 1 is 1.35 bits per heavy atom. The molecule has 0 aliphatic rings. The molecule has 0 fully saturated rings. The summed E-state index contributed by atoms with van der Waals surface area (Å²) < 4.78 is 5.87. The molecule has 0 amide bonds. The van der Waals surface area contributed by atoms with Crippen LogP contribution in [0, 0.1) is 0 Å². The second-order valence-electron chi connectivity index (χ2n) is 6.21. The van der Waals surface area contributed by atoms with Gasteiger partial charge in [-0.05, 0) is 17.0 Å². The van der Waals surface area contributed by atoms with E-state index in [2.05, 4.69) is 37.1 Å². The molecule has 0 atom stereocenters. The van der Waals surface area contributed by atoms with Gasteiger partial charge in [0.05, 0.1) is 12.2 Å². The quantitative estimate of drug-likeness (QED) is 0.787. The predicted octanol–water partition coefficient (Wildman–Crippen LogP) is 2.22. The zero-order valence-corrected chi connectivity index (χ0v) is 14.4. The van der Waals surface area contributed by atoms with E-state index in [1.54, 1.807) is 5.38 Å². The molecule has 0 saturated carbocycles. The van der Waals surface area contributed by atoms with Gasteiger partial charge in [-0.25, -0.2) is 4.98 Å². The first-order valence-corrected chi connectivity index (χ1v) is 8.34. The van der Waals surface area contributed by atoms with E-state index < -0.39 is 5.97 Å². The number of rotatable bonds is 7. The monoisotopic (exact) mass is 333 g/mol. The molecule has 1 heterocycles. The van der Waals surface area contributed by atoms with Crippen LogP contribution in [-0.2, 0) is 16.6 Å². The fourth-order valence-corrected chi connectivity index (χ4v) is 2.89. The number of aromatic nitrogens is 1. The van der Waals surface area contributed by atoms with E-state index in [-0.39, 0.29) is 11.8 Å². The molecular weight excluding hydrogens is 312 g/mol. The summed E-state index contributed by atoms with van der Waals surface area (Å²) in [5, 5.41) is 16.1. The van der Waals surface area contributed by atoms with Crippen molar-refractivity contribution in [2.45, 2.75) is 32.6 Å². The lowest BCUT2D eigenvalue weighted by Gasteiger charge is -2.22. The number of nitrogens with zero attached hydrogens (tertiary/aromatic N) is 1. The Labute approximate surface area is 140 Å². The molecule has 0 aliphatic heterocycles. The lowest BCUT2D eigenvalue weighted by atomic mass is 9.86. The fourth-order valence-electron chi connectivity index (χ4n) is 2.15. The number of carbonyl (C=O) groups is 1. The second-order valence-corrected chi connectivity index (χ2v) is 7.07. The smallest absolute Gasteiger partial charge is 0.182 e. The van der Waals surface area contributed by atoms with Gasteiger partial charge < -0.3 is 20.0 Å². The molecule has 0 bridgehead atoms. The number of benzene rings is 1. The van der Waals surface area contributed by atoms with Gasteiger partial charge in [-0.2, -0.15) is 0 Å². The van der Waals surface area contributed by atoms with Gasteiger partial charge in [0, 0.05) is 17.8 Å². The van der Waals surface area contributed by atoms with Crippen LogP contribution in [0.15, 0.2) is 29.6 Å². The van der Waals surface area contributed by atoms with Crippen LogP contribution >= 0.6 is 11.3 Å². The molecule has 1 aromatic heterocycles. The van der Waals surface area contributed by atoms with Gasteiger partial charge in [0.15, 0.2) is 5.13 Å². The van der Waals surface area contributed by atoms with E-state index in [4.69, 9.17) is 4.74 Å². The van der Waals surface area contributed by atoms with Crippen LogP contribution in [0.25, 0.3) is 0 Å². The molecule has 124 valence electrons. The predicted molar refractivity (Wildman–Crippen MR) is 90.0 cm³/mol. The summed E-state index contributed by atoms with van der Waals surface area (Å²) in [6.45, 7) is 7.56. The van der Waals surface area contributed by atoms with Crippen LogP contribution < -0.4 is 15.2 Å². The Balaban J connectivity index is 1.84. The van der Waals surface area contributed by atoms with Crippen molar-refractivity contribution in [2.75, 3.05) is 18.5 Å². The standard InChI is InChI=1S/C17H22N2O3S/c1-17(2,3)13-6-4-5-7-14(13)22-9-8-18-16-19-12(11-23-16)10-15(20)21/h4-7,11H,8-10H2,1-3H3,(H,18,19)(H,20,21)/p-1. The maximum Gasteiger partial charge on any atom is 0.182 e. The van der Waals surface area contributed by atoms with Crippen LogP contribution in [0.5, 0.6) is 5.75 Å². The van der Waals surface area contributed by atoms with E-state index >= 15 is 0 Å².